The zero-order valence-corrected chi connectivity index (χ0v) is 26.1. The number of phenols is 2. The number of aryl methyl sites for hydroxylation is 3. The molecule has 11 heteroatoms. The number of carbonyl (C=O) groups is 4. The highest BCUT2D eigenvalue weighted by Crippen LogP contribution is 2.70. The fraction of sp³-hybridized carbons (Fsp3) is 0.306. The number of fused-ring (bicyclic) bond motifs is 4. The number of aromatic hydroxyl groups is 2. The zero-order valence-electron chi connectivity index (χ0n) is 26.1. The summed E-state index contributed by atoms with van der Waals surface area (Å²) in [6.07, 6.45) is 0.0569. The minimum atomic E-state index is -1.85. The number of pyridine rings is 1. The van der Waals surface area contributed by atoms with Crippen LogP contribution in [0.3, 0.4) is 0 Å². The minimum Gasteiger partial charge on any atom is -0.507 e. The van der Waals surface area contributed by atoms with E-state index in [0.717, 1.165) is 5.56 Å². The predicted molar refractivity (Wildman–Crippen MR) is 165 cm³/mol. The van der Waals surface area contributed by atoms with Crippen LogP contribution in [-0.4, -0.2) is 58.1 Å². The molecule has 0 amide bonds. The van der Waals surface area contributed by atoms with E-state index in [1.165, 1.54) is 36.9 Å². The van der Waals surface area contributed by atoms with Crippen LogP contribution in [0.1, 0.15) is 65.8 Å². The van der Waals surface area contributed by atoms with Crippen molar-refractivity contribution in [3.8, 4) is 17.2 Å². The van der Waals surface area contributed by atoms with Crippen molar-refractivity contribution in [3.05, 3.63) is 97.5 Å². The first-order valence-electron chi connectivity index (χ1n) is 15.2. The number of cyclic esters (lactones) is 1. The Morgan fingerprint density at radius 2 is 1.60 bits per heavy atom. The lowest BCUT2D eigenvalue weighted by Crippen LogP contribution is -2.57. The van der Waals surface area contributed by atoms with E-state index in [-0.39, 0.29) is 38.8 Å². The van der Waals surface area contributed by atoms with E-state index in [9.17, 15) is 29.4 Å². The van der Waals surface area contributed by atoms with Crippen LogP contribution in [0, 0.1) is 32.6 Å². The zero-order chi connectivity index (χ0) is 33.5. The van der Waals surface area contributed by atoms with E-state index in [1.807, 2.05) is 19.1 Å². The lowest BCUT2D eigenvalue weighted by molar-refractivity contribution is -0.154. The highest BCUT2D eigenvalue weighted by atomic mass is 16.6. The number of rotatable bonds is 3. The molecule has 3 aliphatic carbocycles. The van der Waals surface area contributed by atoms with Gasteiger partial charge in [-0.05, 0) is 67.3 Å². The molecule has 1 fully saturated rings. The number of Topliss-reactive ketones (excluding diaryl/α,β-unsaturated/α-hetero) is 2. The first-order chi connectivity index (χ1) is 22.3. The molecule has 5 atom stereocenters. The van der Waals surface area contributed by atoms with Crippen molar-refractivity contribution in [1.29, 1.82) is 0 Å². The number of methoxy groups -OCH3 is 1. The molecule has 0 saturated heterocycles. The predicted octanol–water partition coefficient (Wildman–Crippen LogP) is 3.85. The van der Waals surface area contributed by atoms with Crippen molar-refractivity contribution in [2.45, 2.75) is 44.8 Å². The normalized spacial score (nSPS) is 26.6. The highest BCUT2D eigenvalue weighted by molar-refractivity contribution is 6.19. The topological polar surface area (TPSA) is 158 Å². The van der Waals surface area contributed by atoms with Crippen molar-refractivity contribution in [3.63, 3.8) is 0 Å². The summed E-state index contributed by atoms with van der Waals surface area (Å²) in [7, 11) is 1.34. The molecule has 47 heavy (non-hydrogen) atoms. The van der Waals surface area contributed by atoms with Gasteiger partial charge in [0.05, 0.1) is 22.6 Å². The number of carbonyl (C=O) groups excluding carboxylic acids is 4. The van der Waals surface area contributed by atoms with Gasteiger partial charge in [-0.2, -0.15) is 0 Å². The Hall–Kier alpha value is -5.29. The summed E-state index contributed by atoms with van der Waals surface area (Å²) < 4.78 is 19.4. The first-order valence-corrected chi connectivity index (χ1v) is 15.2. The Morgan fingerprint density at radius 3 is 2.26 bits per heavy atom. The molecule has 1 spiro atoms. The van der Waals surface area contributed by atoms with Crippen LogP contribution in [0.5, 0.6) is 11.5 Å². The van der Waals surface area contributed by atoms with Crippen molar-refractivity contribution >= 4 is 34.3 Å². The van der Waals surface area contributed by atoms with E-state index in [1.54, 1.807) is 26.0 Å². The second-order valence-electron chi connectivity index (χ2n) is 13.0. The number of ketones is 2. The third-order valence-corrected chi connectivity index (χ3v) is 10.7. The highest BCUT2D eigenvalue weighted by Gasteiger charge is 2.80. The summed E-state index contributed by atoms with van der Waals surface area (Å²) in [6.45, 7) is 5.92. The van der Waals surface area contributed by atoms with E-state index < -0.39 is 70.4 Å². The average molecular weight is 636 g/mol. The summed E-state index contributed by atoms with van der Waals surface area (Å²) in [5, 5.41) is 22.4. The van der Waals surface area contributed by atoms with Crippen LogP contribution < -0.4 is 5.56 Å². The van der Waals surface area contributed by atoms with Gasteiger partial charge in [0.2, 0.25) is 0 Å². The first kappa shape index (κ1) is 29.1. The van der Waals surface area contributed by atoms with Crippen molar-refractivity contribution in [1.82, 2.24) is 4.57 Å². The van der Waals surface area contributed by atoms with Crippen LogP contribution in [0.4, 0.5) is 0 Å². The van der Waals surface area contributed by atoms with Gasteiger partial charge in [0, 0.05) is 42.4 Å². The monoisotopic (exact) mass is 635 g/mol. The number of phenolic OH excluding ortho intramolecular Hbond substituents is 2. The lowest BCUT2D eigenvalue weighted by atomic mass is 9.59. The summed E-state index contributed by atoms with van der Waals surface area (Å²) in [5.74, 6) is -6.20. The van der Waals surface area contributed by atoms with Gasteiger partial charge in [-0.15, -0.1) is 0 Å². The molecule has 1 saturated carbocycles. The number of hydrogen-bond donors (Lipinski definition) is 2. The fourth-order valence-corrected chi connectivity index (χ4v) is 9.14. The smallest absolute Gasteiger partial charge is 0.342 e. The fourth-order valence-electron chi connectivity index (χ4n) is 9.14. The van der Waals surface area contributed by atoms with Crippen molar-refractivity contribution < 1.29 is 43.6 Å². The maximum Gasteiger partial charge on any atom is 0.342 e. The summed E-state index contributed by atoms with van der Waals surface area (Å²) >= 11 is 0. The maximum absolute atomic E-state index is 15.3. The molecule has 3 aromatic carbocycles. The molecule has 2 bridgehead atoms. The van der Waals surface area contributed by atoms with E-state index in [2.05, 4.69) is 0 Å². The maximum atomic E-state index is 15.3. The Kier molecular flexibility index (Phi) is 5.68. The molecule has 1 aromatic heterocycles. The molecule has 0 radical (unpaired) electrons. The third-order valence-electron chi connectivity index (χ3n) is 10.7. The molecule has 238 valence electrons. The summed E-state index contributed by atoms with van der Waals surface area (Å²) in [5.41, 5.74) is -1.60. The van der Waals surface area contributed by atoms with Gasteiger partial charge in [-0.3, -0.25) is 23.7 Å². The quantitative estimate of drug-likeness (QED) is 0.317. The number of ether oxygens (including phenoxy) is 3. The SMILES string of the molecule is CO[C@@]12c3c(C)cc(O)c4c(=O)n(-c5ccc(C)cc5)cc(c34)C(=O)[C@@H]1[C@]13COC(=O)c4c(O)cc(C)c(c41)C(=O)[C@H]2[C@@H]3OC(C)=O. The molecule has 2 N–H and O–H groups in total. The largest absolute Gasteiger partial charge is 0.507 e. The standard InChI is InChI=1S/C36H29NO10/c1-14-6-8-18(9-7-14)37-12-19-23-24(33(37)43)20(39)11-16(3)26(23)36(45-5)28-30(42)22-15(2)10-21(40)25-27(22)35(13-46-34(25)44,31(36)29(19)41)32(28)47-17(4)38/h6-12,28,31-32,39-40H,13H2,1-5H3/t28-,31+,32-,35-,36+/m0/s1. The van der Waals surface area contributed by atoms with Crippen molar-refractivity contribution in [2.75, 3.05) is 13.7 Å². The van der Waals surface area contributed by atoms with Crippen LogP contribution in [0.2, 0.25) is 0 Å². The molecule has 11 nitrogen and oxygen atoms in total. The van der Waals surface area contributed by atoms with Gasteiger partial charge < -0.3 is 24.4 Å². The second-order valence-corrected chi connectivity index (χ2v) is 13.0. The Morgan fingerprint density at radius 1 is 0.915 bits per heavy atom. The molecule has 1 aliphatic heterocycles. The third kappa shape index (κ3) is 3.22. The summed E-state index contributed by atoms with van der Waals surface area (Å²) in [4.78, 5) is 70.5. The molecule has 0 unspecified atom stereocenters. The van der Waals surface area contributed by atoms with Gasteiger partial charge in [-0.25, -0.2) is 4.79 Å². The van der Waals surface area contributed by atoms with E-state index in [0.29, 0.717) is 22.4 Å². The van der Waals surface area contributed by atoms with Crippen LogP contribution in [0.25, 0.3) is 16.5 Å². The van der Waals surface area contributed by atoms with Crippen LogP contribution >= 0.6 is 0 Å². The number of aromatic nitrogens is 1. The minimum absolute atomic E-state index is 0.0691. The summed E-state index contributed by atoms with van der Waals surface area (Å²) in [6, 6.07) is 9.77. The van der Waals surface area contributed by atoms with Crippen molar-refractivity contribution in [2.24, 2.45) is 11.8 Å². The number of benzene rings is 3. The van der Waals surface area contributed by atoms with Gasteiger partial charge in [0.1, 0.15) is 35.4 Å². The van der Waals surface area contributed by atoms with Gasteiger partial charge in [-0.1, -0.05) is 17.7 Å². The number of esters is 2. The molecule has 8 rings (SSSR count). The van der Waals surface area contributed by atoms with Gasteiger partial charge in [0.25, 0.3) is 5.56 Å². The number of hydrogen-bond acceptors (Lipinski definition) is 10. The molecular weight excluding hydrogens is 606 g/mol. The van der Waals surface area contributed by atoms with Crippen LogP contribution in [0.15, 0.2) is 47.4 Å². The van der Waals surface area contributed by atoms with E-state index >= 15 is 4.79 Å². The molecule has 2 heterocycles. The van der Waals surface area contributed by atoms with Gasteiger partial charge >= 0.3 is 11.9 Å². The molecular formula is C36H29NO10. The lowest BCUT2D eigenvalue weighted by Gasteiger charge is -2.47. The van der Waals surface area contributed by atoms with Crippen LogP contribution in [-0.2, 0) is 30.0 Å². The Bertz CT molecular complexity index is 2250. The Balaban J connectivity index is 1.57. The second kappa shape index (κ2) is 9.16. The van der Waals surface area contributed by atoms with E-state index in [4.69, 9.17) is 14.2 Å². The van der Waals surface area contributed by atoms with Gasteiger partial charge in [0.15, 0.2) is 11.6 Å². The molecule has 4 aromatic rings. The average Bonchev–Trinajstić information content (AvgIpc) is 3.19. The number of nitrogens with zero attached hydrogens (tertiary/aromatic N) is 1. The molecule has 4 aliphatic rings. The Labute approximate surface area is 267 Å².